The smallest absolute Gasteiger partial charge is 0.136 e. The molecule has 2 saturated carbocycles. The third-order valence-electron chi connectivity index (χ3n) is 3.79. The molecule has 1 aromatic rings. The molecule has 0 amide bonds. The Morgan fingerprint density at radius 3 is 2.36 bits per heavy atom. The van der Waals surface area contributed by atoms with Crippen molar-refractivity contribution in [3.05, 3.63) is 35.9 Å². The number of hydrogen-bond acceptors (Lipinski definition) is 1. The summed E-state index contributed by atoms with van der Waals surface area (Å²) >= 11 is 0. The van der Waals surface area contributed by atoms with Gasteiger partial charge in [0, 0.05) is 12.3 Å². The van der Waals surface area contributed by atoms with Crippen molar-refractivity contribution in [2.75, 3.05) is 0 Å². The van der Waals surface area contributed by atoms with Gasteiger partial charge < -0.3 is 0 Å². The second kappa shape index (κ2) is 2.94. The van der Waals surface area contributed by atoms with Gasteiger partial charge in [-0.1, -0.05) is 30.3 Å². The van der Waals surface area contributed by atoms with Crippen molar-refractivity contribution in [1.82, 2.24) is 0 Å². The first-order chi connectivity index (χ1) is 6.84. The van der Waals surface area contributed by atoms with Crippen LogP contribution in [0, 0.1) is 11.8 Å². The molecule has 0 spiro atoms. The van der Waals surface area contributed by atoms with Crippen molar-refractivity contribution in [2.24, 2.45) is 11.8 Å². The molecule has 0 N–H and O–H groups in total. The molecule has 0 aromatic heterocycles. The lowest BCUT2D eigenvalue weighted by atomic mass is 9.83. The molecule has 72 valence electrons. The minimum absolute atomic E-state index is 0.349. The standard InChI is InChI=1S/C13H14O/c14-13-8-9-6-11(12(13)7-9)10-4-2-1-3-5-10/h1-5,9,11-12H,6-8H2. The van der Waals surface area contributed by atoms with Crippen LogP contribution < -0.4 is 0 Å². The van der Waals surface area contributed by atoms with Crippen LogP contribution >= 0.6 is 0 Å². The Kier molecular flexibility index (Phi) is 1.73. The average molecular weight is 186 g/mol. The number of benzene rings is 1. The summed E-state index contributed by atoms with van der Waals surface area (Å²) in [6.07, 6.45) is 3.24. The first-order valence-electron chi connectivity index (χ1n) is 5.42. The topological polar surface area (TPSA) is 17.1 Å². The highest BCUT2D eigenvalue weighted by Crippen LogP contribution is 2.50. The van der Waals surface area contributed by atoms with Crippen LogP contribution in [0.3, 0.4) is 0 Å². The van der Waals surface area contributed by atoms with E-state index in [1.807, 2.05) is 6.07 Å². The molecule has 2 aliphatic rings. The minimum Gasteiger partial charge on any atom is -0.299 e. The van der Waals surface area contributed by atoms with Gasteiger partial charge >= 0.3 is 0 Å². The molecule has 0 saturated heterocycles. The highest BCUT2D eigenvalue weighted by molar-refractivity contribution is 5.85. The highest BCUT2D eigenvalue weighted by atomic mass is 16.1. The molecule has 3 rings (SSSR count). The number of ketones is 1. The maximum atomic E-state index is 11.6. The summed E-state index contributed by atoms with van der Waals surface area (Å²) < 4.78 is 0. The van der Waals surface area contributed by atoms with Gasteiger partial charge in [-0.2, -0.15) is 0 Å². The predicted molar refractivity (Wildman–Crippen MR) is 55.0 cm³/mol. The van der Waals surface area contributed by atoms with Gasteiger partial charge in [-0.25, -0.2) is 0 Å². The molecule has 3 unspecified atom stereocenters. The maximum Gasteiger partial charge on any atom is 0.136 e. The second-order valence-electron chi connectivity index (χ2n) is 4.63. The van der Waals surface area contributed by atoms with E-state index in [4.69, 9.17) is 0 Å². The van der Waals surface area contributed by atoms with Crippen molar-refractivity contribution in [1.29, 1.82) is 0 Å². The quantitative estimate of drug-likeness (QED) is 0.659. The summed E-state index contributed by atoms with van der Waals surface area (Å²) in [6.45, 7) is 0. The molecular weight excluding hydrogens is 172 g/mol. The van der Waals surface area contributed by atoms with Gasteiger partial charge in [-0.3, -0.25) is 4.79 Å². The summed E-state index contributed by atoms with van der Waals surface area (Å²) in [5.41, 5.74) is 1.37. The normalized spacial score (nSPS) is 35.1. The molecule has 0 aliphatic heterocycles. The number of fused-ring (bicyclic) bond motifs is 2. The zero-order valence-corrected chi connectivity index (χ0v) is 8.15. The van der Waals surface area contributed by atoms with Crippen molar-refractivity contribution < 1.29 is 4.79 Å². The highest BCUT2D eigenvalue weighted by Gasteiger charge is 2.45. The Morgan fingerprint density at radius 1 is 1.00 bits per heavy atom. The number of hydrogen-bond donors (Lipinski definition) is 0. The summed E-state index contributed by atoms with van der Waals surface area (Å²) in [5.74, 6) is 2.08. The van der Waals surface area contributed by atoms with Crippen molar-refractivity contribution in [2.45, 2.75) is 25.2 Å². The molecule has 2 aliphatic carbocycles. The molecule has 1 nitrogen and oxygen atoms in total. The lowest BCUT2D eigenvalue weighted by molar-refractivity contribution is -0.122. The van der Waals surface area contributed by atoms with E-state index in [9.17, 15) is 4.79 Å². The van der Waals surface area contributed by atoms with Crippen LogP contribution in [0.25, 0.3) is 0 Å². The molecule has 1 aromatic carbocycles. The van der Waals surface area contributed by atoms with E-state index >= 15 is 0 Å². The lowest BCUT2D eigenvalue weighted by Crippen LogP contribution is -2.17. The number of carbonyl (C=O) groups excluding carboxylic acids is 1. The Bertz CT molecular complexity index is 355. The molecular formula is C13H14O. The third kappa shape index (κ3) is 1.12. The van der Waals surface area contributed by atoms with E-state index in [0.717, 1.165) is 12.8 Å². The number of rotatable bonds is 1. The average Bonchev–Trinajstić information content (AvgIpc) is 2.77. The zero-order valence-electron chi connectivity index (χ0n) is 8.15. The van der Waals surface area contributed by atoms with Gasteiger partial charge in [0.05, 0.1) is 0 Å². The Hall–Kier alpha value is -1.11. The zero-order chi connectivity index (χ0) is 9.54. The SMILES string of the molecule is O=C1CC2CC1C(c1ccccc1)C2. The molecule has 14 heavy (non-hydrogen) atoms. The summed E-state index contributed by atoms with van der Waals surface area (Å²) in [5, 5.41) is 0. The van der Waals surface area contributed by atoms with Crippen LogP contribution in [-0.4, -0.2) is 5.78 Å². The summed E-state index contributed by atoms with van der Waals surface area (Å²) in [6, 6.07) is 10.5. The van der Waals surface area contributed by atoms with Gasteiger partial charge in [0.2, 0.25) is 0 Å². The lowest BCUT2D eigenvalue weighted by Gasteiger charge is -2.20. The Morgan fingerprint density at radius 2 is 1.71 bits per heavy atom. The van der Waals surface area contributed by atoms with Crippen molar-refractivity contribution in [3.63, 3.8) is 0 Å². The fourth-order valence-electron chi connectivity index (χ4n) is 3.17. The monoisotopic (exact) mass is 186 g/mol. The second-order valence-corrected chi connectivity index (χ2v) is 4.63. The van der Waals surface area contributed by atoms with Crippen LogP contribution in [0.4, 0.5) is 0 Å². The van der Waals surface area contributed by atoms with Crippen LogP contribution in [0.2, 0.25) is 0 Å². The minimum atomic E-state index is 0.349. The van der Waals surface area contributed by atoms with E-state index in [0.29, 0.717) is 23.5 Å². The van der Waals surface area contributed by atoms with Crippen LogP contribution in [0.5, 0.6) is 0 Å². The fraction of sp³-hybridized carbons (Fsp3) is 0.462. The van der Waals surface area contributed by atoms with Gasteiger partial charge in [-0.05, 0) is 30.2 Å². The largest absolute Gasteiger partial charge is 0.299 e. The van der Waals surface area contributed by atoms with Crippen LogP contribution in [0.1, 0.15) is 30.7 Å². The number of Topliss-reactive ketones (excluding diaryl/α,β-unsaturated/α-hetero) is 1. The molecule has 1 heteroatoms. The number of carbonyl (C=O) groups is 1. The van der Waals surface area contributed by atoms with E-state index in [1.54, 1.807) is 0 Å². The maximum absolute atomic E-state index is 11.6. The molecule has 0 radical (unpaired) electrons. The van der Waals surface area contributed by atoms with Gasteiger partial charge in [0.1, 0.15) is 5.78 Å². The van der Waals surface area contributed by atoms with E-state index in [2.05, 4.69) is 24.3 Å². The first kappa shape index (κ1) is 8.22. The Labute approximate surface area is 84.1 Å². The third-order valence-corrected chi connectivity index (χ3v) is 3.79. The summed E-state index contributed by atoms with van der Waals surface area (Å²) in [7, 11) is 0. The van der Waals surface area contributed by atoms with E-state index in [-0.39, 0.29) is 0 Å². The molecule has 2 bridgehead atoms. The van der Waals surface area contributed by atoms with E-state index in [1.165, 1.54) is 12.0 Å². The van der Waals surface area contributed by atoms with Crippen LogP contribution in [0.15, 0.2) is 30.3 Å². The predicted octanol–water partition coefficient (Wildman–Crippen LogP) is 2.77. The molecule has 0 heterocycles. The van der Waals surface area contributed by atoms with Gasteiger partial charge in [-0.15, -0.1) is 0 Å². The van der Waals surface area contributed by atoms with Crippen LogP contribution in [-0.2, 0) is 4.79 Å². The van der Waals surface area contributed by atoms with Crippen molar-refractivity contribution in [3.8, 4) is 0 Å². The molecule has 2 fully saturated rings. The first-order valence-corrected chi connectivity index (χ1v) is 5.42. The van der Waals surface area contributed by atoms with E-state index < -0.39 is 0 Å². The Balaban J connectivity index is 1.92. The van der Waals surface area contributed by atoms with Gasteiger partial charge in [0.25, 0.3) is 0 Å². The van der Waals surface area contributed by atoms with Gasteiger partial charge in [0.15, 0.2) is 0 Å². The summed E-state index contributed by atoms with van der Waals surface area (Å²) in [4.78, 5) is 11.6. The fourth-order valence-corrected chi connectivity index (χ4v) is 3.17. The molecule has 3 atom stereocenters. The van der Waals surface area contributed by atoms with Crippen molar-refractivity contribution >= 4 is 5.78 Å².